The van der Waals surface area contributed by atoms with E-state index < -0.39 is 0 Å². The molecule has 2 heteroatoms. The number of benzene rings is 2. The molecular weight excluding hydrogens is 192 g/mol. The van der Waals surface area contributed by atoms with Gasteiger partial charge in [-0.25, -0.2) is 0 Å². The summed E-state index contributed by atoms with van der Waals surface area (Å²) in [5, 5.41) is 11.9. The summed E-state index contributed by atoms with van der Waals surface area (Å²) in [5.41, 5.74) is 1.26. The van der Waals surface area contributed by atoms with Gasteiger partial charge in [-0.1, -0.05) is 18.2 Å². The molecule has 0 fully saturated rings. The van der Waals surface area contributed by atoms with Crippen LogP contribution in [-0.4, -0.2) is 11.4 Å². The Morgan fingerprint density at radius 3 is 2.71 bits per heavy atom. The fourth-order valence-electron chi connectivity index (χ4n) is 1.72. The lowest BCUT2D eigenvalue weighted by Crippen LogP contribution is -1.81. The van der Waals surface area contributed by atoms with Gasteiger partial charge in [-0.05, 0) is 41.6 Å². The van der Waals surface area contributed by atoms with Crippen LogP contribution in [0.4, 0.5) is 0 Å². The lowest BCUT2D eigenvalue weighted by Gasteiger charge is -2.07. The third-order valence-corrected chi connectivity index (χ3v) is 3.12. The van der Waals surface area contributed by atoms with Crippen LogP contribution in [-0.2, 0) is 0 Å². The molecule has 0 spiro atoms. The van der Waals surface area contributed by atoms with Crippen LogP contribution >= 0.6 is 11.8 Å². The van der Waals surface area contributed by atoms with Crippen LogP contribution in [0.1, 0.15) is 5.56 Å². The van der Waals surface area contributed by atoms with Crippen LogP contribution in [0.2, 0.25) is 0 Å². The summed E-state index contributed by atoms with van der Waals surface area (Å²) < 4.78 is 0. The molecule has 0 aliphatic heterocycles. The van der Waals surface area contributed by atoms with Crippen LogP contribution in [0, 0.1) is 6.92 Å². The van der Waals surface area contributed by atoms with Crippen molar-refractivity contribution >= 4 is 22.5 Å². The monoisotopic (exact) mass is 204 g/mol. The first-order chi connectivity index (χ1) is 6.72. The van der Waals surface area contributed by atoms with E-state index in [0.717, 1.165) is 10.3 Å². The molecule has 2 aromatic rings. The van der Waals surface area contributed by atoms with E-state index in [-0.39, 0.29) is 0 Å². The van der Waals surface area contributed by atoms with Crippen molar-refractivity contribution in [2.24, 2.45) is 0 Å². The zero-order valence-corrected chi connectivity index (χ0v) is 9.06. The summed E-state index contributed by atoms with van der Waals surface area (Å²) in [5.74, 6) is 0.340. The first-order valence-electron chi connectivity index (χ1n) is 4.48. The van der Waals surface area contributed by atoms with Crippen LogP contribution in [0.3, 0.4) is 0 Å². The van der Waals surface area contributed by atoms with E-state index in [0.29, 0.717) is 5.75 Å². The molecule has 0 aromatic heterocycles. The van der Waals surface area contributed by atoms with Crippen molar-refractivity contribution < 1.29 is 5.11 Å². The Hall–Kier alpha value is -1.15. The number of fused-ring (bicyclic) bond motifs is 1. The maximum atomic E-state index is 9.52. The summed E-state index contributed by atoms with van der Waals surface area (Å²) in [6.45, 7) is 2.10. The number of hydrogen-bond acceptors (Lipinski definition) is 2. The maximum absolute atomic E-state index is 9.52. The van der Waals surface area contributed by atoms with Crippen molar-refractivity contribution in [2.75, 3.05) is 6.26 Å². The van der Waals surface area contributed by atoms with E-state index in [4.69, 9.17) is 0 Å². The van der Waals surface area contributed by atoms with Gasteiger partial charge in [-0.3, -0.25) is 0 Å². The number of aromatic hydroxyl groups is 1. The lowest BCUT2D eigenvalue weighted by molar-refractivity contribution is 0.475. The molecule has 0 amide bonds. The summed E-state index contributed by atoms with van der Waals surface area (Å²) in [4.78, 5) is 1.14. The predicted molar refractivity (Wildman–Crippen MR) is 62.1 cm³/mol. The molecule has 0 atom stereocenters. The van der Waals surface area contributed by atoms with Crippen LogP contribution < -0.4 is 0 Å². The number of hydrogen-bond donors (Lipinski definition) is 1. The standard InChI is InChI=1S/C12H12OS/c1-8-4-3-5-9-6-10(13)7-11(14-2)12(8)9/h3-7,13H,1-2H3. The molecule has 0 heterocycles. The van der Waals surface area contributed by atoms with E-state index in [9.17, 15) is 5.11 Å². The van der Waals surface area contributed by atoms with Crippen molar-refractivity contribution in [3.8, 4) is 5.75 Å². The van der Waals surface area contributed by atoms with Crippen molar-refractivity contribution in [3.63, 3.8) is 0 Å². The minimum atomic E-state index is 0.340. The molecule has 72 valence electrons. The highest BCUT2D eigenvalue weighted by molar-refractivity contribution is 7.98. The highest BCUT2D eigenvalue weighted by Gasteiger charge is 2.04. The second-order valence-corrected chi connectivity index (χ2v) is 4.17. The molecule has 0 aliphatic carbocycles. The van der Waals surface area contributed by atoms with Crippen molar-refractivity contribution in [1.82, 2.24) is 0 Å². The fourth-order valence-corrected chi connectivity index (χ4v) is 2.44. The fraction of sp³-hybridized carbons (Fsp3) is 0.167. The van der Waals surface area contributed by atoms with Gasteiger partial charge >= 0.3 is 0 Å². The average Bonchev–Trinajstić information content (AvgIpc) is 2.16. The average molecular weight is 204 g/mol. The maximum Gasteiger partial charge on any atom is 0.117 e. The molecule has 1 N–H and O–H groups in total. The molecule has 1 nitrogen and oxygen atoms in total. The minimum absolute atomic E-state index is 0.340. The largest absolute Gasteiger partial charge is 0.508 e. The Morgan fingerprint density at radius 2 is 2.00 bits per heavy atom. The molecule has 0 saturated heterocycles. The Balaban J connectivity index is 2.88. The van der Waals surface area contributed by atoms with Gasteiger partial charge in [0.1, 0.15) is 5.75 Å². The summed E-state index contributed by atoms with van der Waals surface area (Å²) in [6, 6.07) is 9.77. The zero-order valence-electron chi connectivity index (χ0n) is 8.24. The summed E-state index contributed by atoms with van der Waals surface area (Å²) in [6.07, 6.45) is 2.03. The second-order valence-electron chi connectivity index (χ2n) is 3.32. The van der Waals surface area contributed by atoms with Gasteiger partial charge in [-0.15, -0.1) is 11.8 Å². The van der Waals surface area contributed by atoms with Crippen LogP contribution in [0.25, 0.3) is 10.8 Å². The number of phenolic OH excluding ortho intramolecular Hbond substituents is 1. The Bertz CT molecular complexity index is 477. The Kier molecular flexibility index (Phi) is 2.38. The van der Waals surface area contributed by atoms with Gasteiger partial charge in [0.05, 0.1) is 0 Å². The van der Waals surface area contributed by atoms with E-state index in [1.54, 1.807) is 11.8 Å². The van der Waals surface area contributed by atoms with E-state index >= 15 is 0 Å². The topological polar surface area (TPSA) is 20.2 Å². The Labute approximate surface area is 87.8 Å². The Morgan fingerprint density at radius 1 is 1.21 bits per heavy atom. The van der Waals surface area contributed by atoms with E-state index in [1.165, 1.54) is 10.9 Å². The lowest BCUT2D eigenvalue weighted by atomic mass is 10.1. The van der Waals surface area contributed by atoms with Crippen molar-refractivity contribution in [3.05, 3.63) is 35.9 Å². The number of rotatable bonds is 1. The quantitative estimate of drug-likeness (QED) is 0.716. The van der Waals surface area contributed by atoms with Crippen molar-refractivity contribution in [2.45, 2.75) is 11.8 Å². The smallest absolute Gasteiger partial charge is 0.117 e. The highest BCUT2D eigenvalue weighted by Crippen LogP contribution is 2.32. The number of aryl methyl sites for hydroxylation is 1. The molecule has 2 aromatic carbocycles. The minimum Gasteiger partial charge on any atom is -0.508 e. The van der Waals surface area contributed by atoms with Gasteiger partial charge in [0.15, 0.2) is 0 Å². The van der Waals surface area contributed by atoms with Gasteiger partial charge in [-0.2, -0.15) is 0 Å². The molecule has 2 rings (SSSR count). The molecule has 0 aliphatic rings. The predicted octanol–water partition coefficient (Wildman–Crippen LogP) is 3.58. The number of phenols is 1. The van der Waals surface area contributed by atoms with Gasteiger partial charge in [0.2, 0.25) is 0 Å². The van der Waals surface area contributed by atoms with Gasteiger partial charge in [0.25, 0.3) is 0 Å². The molecule has 0 saturated carbocycles. The first-order valence-corrected chi connectivity index (χ1v) is 5.71. The zero-order chi connectivity index (χ0) is 10.1. The van der Waals surface area contributed by atoms with Crippen LogP contribution in [0.15, 0.2) is 35.2 Å². The van der Waals surface area contributed by atoms with E-state index in [1.807, 2.05) is 30.5 Å². The molecule has 0 unspecified atom stereocenters. The molecule has 14 heavy (non-hydrogen) atoms. The number of thioether (sulfide) groups is 1. The van der Waals surface area contributed by atoms with Crippen LogP contribution in [0.5, 0.6) is 5.75 Å². The molecule has 0 bridgehead atoms. The third kappa shape index (κ3) is 1.46. The summed E-state index contributed by atoms with van der Waals surface area (Å²) in [7, 11) is 0. The first kappa shape index (κ1) is 9.41. The SMILES string of the molecule is CSc1cc(O)cc2cccc(C)c12. The van der Waals surface area contributed by atoms with E-state index in [2.05, 4.69) is 13.0 Å². The van der Waals surface area contributed by atoms with Gasteiger partial charge < -0.3 is 5.11 Å². The molecule has 0 radical (unpaired) electrons. The van der Waals surface area contributed by atoms with Crippen molar-refractivity contribution in [1.29, 1.82) is 0 Å². The second kappa shape index (κ2) is 3.54. The normalized spacial score (nSPS) is 10.7. The highest BCUT2D eigenvalue weighted by atomic mass is 32.2. The third-order valence-electron chi connectivity index (χ3n) is 2.35. The van der Waals surface area contributed by atoms with Gasteiger partial charge in [0, 0.05) is 4.90 Å². The molecular formula is C12H12OS. The summed E-state index contributed by atoms with van der Waals surface area (Å²) >= 11 is 1.67.